The van der Waals surface area contributed by atoms with Crippen molar-refractivity contribution in [2.24, 2.45) is 0 Å². The van der Waals surface area contributed by atoms with Gasteiger partial charge in [-0.1, -0.05) is 40.9 Å². The molecule has 0 aliphatic rings. The molecule has 0 aliphatic heterocycles. The van der Waals surface area contributed by atoms with Crippen LogP contribution >= 0.6 is 0 Å². The molecule has 0 rings (SSSR count). The van der Waals surface area contributed by atoms with Crippen LogP contribution in [0.5, 0.6) is 0 Å². The molecule has 0 bridgehead atoms. The van der Waals surface area contributed by atoms with Gasteiger partial charge in [-0.2, -0.15) is 0 Å². The molecule has 0 aromatic carbocycles. The molecule has 0 saturated heterocycles. The summed E-state index contributed by atoms with van der Waals surface area (Å²) in [6, 6.07) is 0. The van der Waals surface area contributed by atoms with Crippen LogP contribution in [-0.2, 0) is 9.53 Å². The lowest BCUT2D eigenvalue weighted by atomic mass is 10.3. The van der Waals surface area contributed by atoms with Gasteiger partial charge in [0, 0.05) is 6.42 Å². The van der Waals surface area contributed by atoms with Gasteiger partial charge in [0.05, 0.1) is 0 Å². The van der Waals surface area contributed by atoms with Gasteiger partial charge in [-0.15, -0.1) is 0 Å². The lowest BCUT2D eigenvalue weighted by Gasteiger charge is -1.98. The number of hydrogen-bond donors (Lipinski definition) is 0. The summed E-state index contributed by atoms with van der Waals surface area (Å²) < 4.78 is 4.86. The molecule has 80 valence electrons. The third-order valence-corrected chi connectivity index (χ3v) is 1.20. The van der Waals surface area contributed by atoms with Gasteiger partial charge in [0.25, 0.3) is 0 Å². The smallest absolute Gasteiger partial charge is 0.306 e. The van der Waals surface area contributed by atoms with Crippen LogP contribution in [0.3, 0.4) is 0 Å². The lowest BCUT2D eigenvalue weighted by Crippen LogP contribution is -2.02. The van der Waals surface area contributed by atoms with Gasteiger partial charge in [0.15, 0.2) is 0 Å². The monoisotopic (exact) mass is 188 g/mol. The highest BCUT2D eigenvalue weighted by atomic mass is 16.5. The van der Waals surface area contributed by atoms with Crippen molar-refractivity contribution in [2.45, 2.75) is 48.0 Å². The summed E-state index contributed by atoms with van der Waals surface area (Å²) in [5.74, 6) is -0.103. The van der Waals surface area contributed by atoms with E-state index in [0.29, 0.717) is 13.0 Å². The molecule has 2 heteroatoms. The molecule has 0 saturated carbocycles. The van der Waals surface area contributed by atoms with E-state index >= 15 is 0 Å². The van der Waals surface area contributed by atoms with Crippen LogP contribution in [0, 0.1) is 0 Å². The maximum Gasteiger partial charge on any atom is 0.306 e. The van der Waals surface area contributed by atoms with E-state index in [4.69, 9.17) is 4.74 Å². The van der Waals surface area contributed by atoms with Crippen molar-refractivity contribution < 1.29 is 9.53 Å². The van der Waals surface area contributed by atoms with Gasteiger partial charge in [0.2, 0.25) is 0 Å². The fraction of sp³-hybridized carbons (Fsp3) is 0.727. The number of rotatable bonds is 5. The van der Waals surface area contributed by atoms with Crippen molar-refractivity contribution in [2.75, 3.05) is 6.61 Å². The molecule has 0 radical (unpaired) electrons. The van der Waals surface area contributed by atoms with Crippen molar-refractivity contribution in [1.29, 1.82) is 0 Å². The number of hydrogen-bond acceptors (Lipinski definition) is 2. The van der Waals surface area contributed by atoms with Crippen LogP contribution < -0.4 is 0 Å². The summed E-state index contributed by atoms with van der Waals surface area (Å²) in [5, 5.41) is 0. The van der Waals surface area contributed by atoms with Gasteiger partial charge in [-0.3, -0.25) is 4.79 Å². The Hall–Kier alpha value is -0.790. The van der Waals surface area contributed by atoms with Gasteiger partial charge in [0.1, 0.15) is 6.61 Å². The van der Waals surface area contributed by atoms with Gasteiger partial charge >= 0.3 is 5.97 Å². The number of ether oxygens (including phenoxy) is 1. The summed E-state index contributed by atoms with van der Waals surface area (Å²) in [6.45, 7) is 4.43. The van der Waals surface area contributed by atoms with Crippen molar-refractivity contribution in [3.63, 3.8) is 0 Å². The zero-order chi connectivity index (χ0) is 8.53. The normalized spacial score (nSPS) is 8.77. The highest BCUT2D eigenvalue weighted by Gasteiger charge is 1.96. The molecule has 0 spiro atoms. The zero-order valence-electron chi connectivity index (χ0n) is 7.30. The highest BCUT2D eigenvalue weighted by molar-refractivity contribution is 5.69. The van der Waals surface area contributed by atoms with Crippen molar-refractivity contribution in [3.05, 3.63) is 12.2 Å². The summed E-state index contributed by atoms with van der Waals surface area (Å²) in [4.78, 5) is 10.8. The Labute approximate surface area is 83.0 Å². The van der Waals surface area contributed by atoms with E-state index in [9.17, 15) is 4.79 Å². The lowest BCUT2D eigenvalue weighted by molar-refractivity contribution is -0.142. The average molecular weight is 188 g/mol. The first-order valence-corrected chi connectivity index (χ1v) is 4.11. The largest absolute Gasteiger partial charge is 0.461 e. The molecule has 0 N–H and O–H groups in total. The van der Waals surface area contributed by atoms with E-state index < -0.39 is 0 Å². The van der Waals surface area contributed by atoms with Crippen molar-refractivity contribution in [1.82, 2.24) is 0 Å². The van der Waals surface area contributed by atoms with Crippen molar-refractivity contribution in [3.8, 4) is 0 Å². The fourth-order valence-electron chi connectivity index (χ4n) is 0.652. The van der Waals surface area contributed by atoms with Gasteiger partial charge < -0.3 is 4.74 Å². The summed E-state index contributed by atoms with van der Waals surface area (Å²) in [7, 11) is 0. The van der Waals surface area contributed by atoms with Crippen LogP contribution in [0.25, 0.3) is 0 Å². The van der Waals surface area contributed by atoms with Gasteiger partial charge in [-0.05, 0) is 12.8 Å². The molecule has 0 aliphatic carbocycles. The second-order valence-electron chi connectivity index (χ2n) is 2.31. The summed E-state index contributed by atoms with van der Waals surface area (Å²) in [5.41, 5.74) is 0. The average Bonchev–Trinajstić information content (AvgIpc) is 1.99. The van der Waals surface area contributed by atoms with E-state index in [2.05, 4.69) is 0 Å². The third kappa shape index (κ3) is 14.1. The maximum atomic E-state index is 10.8. The second-order valence-corrected chi connectivity index (χ2v) is 2.31. The molecule has 0 unspecified atom stereocenters. The molecule has 0 fully saturated rings. The van der Waals surface area contributed by atoms with Crippen LogP contribution in [0.15, 0.2) is 12.2 Å². The molecule has 2 nitrogen and oxygen atoms in total. The number of allylic oxidation sites excluding steroid dienone is 1. The summed E-state index contributed by atoms with van der Waals surface area (Å²) in [6.07, 6.45) is 6.23. The van der Waals surface area contributed by atoms with Crippen LogP contribution in [0.1, 0.15) is 48.0 Å². The minimum absolute atomic E-state index is 0. The Balaban J connectivity index is -0.000000500. The molecule has 0 aromatic rings. The number of carbonyl (C=O) groups is 1. The van der Waals surface area contributed by atoms with Crippen LogP contribution in [0.2, 0.25) is 0 Å². The molecule has 0 atom stereocenters. The molecule has 13 heavy (non-hydrogen) atoms. The van der Waals surface area contributed by atoms with Crippen molar-refractivity contribution >= 4 is 5.97 Å². The van der Waals surface area contributed by atoms with Crippen LogP contribution in [-0.4, -0.2) is 12.6 Å². The standard InChI is InChI=1S/C9H16O2.2CH4/c1-3-5-6-8-11-9(10)7-4-2;;/h5-6H,3-4,7-8H2,1-2H3;2*1H4. The van der Waals surface area contributed by atoms with E-state index in [1.807, 2.05) is 26.0 Å². The highest BCUT2D eigenvalue weighted by Crippen LogP contribution is 1.91. The Bertz CT molecular complexity index is 128. The Morgan fingerprint density at radius 2 is 1.85 bits per heavy atom. The fourth-order valence-corrected chi connectivity index (χ4v) is 0.652. The van der Waals surface area contributed by atoms with E-state index in [1.54, 1.807) is 0 Å². The molecule has 0 heterocycles. The summed E-state index contributed by atoms with van der Waals surface area (Å²) >= 11 is 0. The predicted molar refractivity (Wildman–Crippen MR) is 58.8 cm³/mol. The third-order valence-electron chi connectivity index (χ3n) is 1.20. The predicted octanol–water partition coefficient (Wildman–Crippen LogP) is 3.57. The molecule has 0 aromatic heterocycles. The first kappa shape index (κ1) is 18.1. The van der Waals surface area contributed by atoms with Crippen LogP contribution in [0.4, 0.5) is 0 Å². The van der Waals surface area contributed by atoms with E-state index in [0.717, 1.165) is 12.8 Å². The zero-order valence-corrected chi connectivity index (χ0v) is 7.30. The van der Waals surface area contributed by atoms with Gasteiger partial charge in [-0.25, -0.2) is 0 Å². The molecular weight excluding hydrogens is 164 g/mol. The first-order valence-electron chi connectivity index (χ1n) is 4.11. The number of esters is 1. The Morgan fingerprint density at radius 3 is 2.31 bits per heavy atom. The SMILES string of the molecule is C.C.CCC=CCOC(=O)CCC. The van der Waals surface area contributed by atoms with E-state index in [-0.39, 0.29) is 20.8 Å². The quantitative estimate of drug-likeness (QED) is 0.487. The minimum Gasteiger partial charge on any atom is -0.461 e. The maximum absolute atomic E-state index is 10.8. The molecular formula is C11H24O2. The number of carbonyl (C=O) groups excluding carboxylic acids is 1. The topological polar surface area (TPSA) is 26.3 Å². The minimum atomic E-state index is -0.103. The van der Waals surface area contributed by atoms with E-state index in [1.165, 1.54) is 0 Å². The Morgan fingerprint density at radius 1 is 1.23 bits per heavy atom. The molecule has 0 amide bonds. The first-order chi connectivity index (χ1) is 5.31. The Kier molecular flexibility index (Phi) is 19.2. The second kappa shape index (κ2) is 13.8.